The first-order valence-corrected chi connectivity index (χ1v) is 6.91. The zero-order valence-corrected chi connectivity index (χ0v) is 12.3. The van der Waals surface area contributed by atoms with Crippen LogP contribution in [0.3, 0.4) is 0 Å². The van der Waals surface area contributed by atoms with Crippen molar-refractivity contribution >= 4 is 23.2 Å². The zero-order valence-electron chi connectivity index (χ0n) is 11.6. The van der Waals surface area contributed by atoms with Gasteiger partial charge in [0.05, 0.1) is 11.7 Å². The predicted octanol–water partition coefficient (Wildman–Crippen LogP) is 3.23. The average Bonchev–Trinajstić information content (AvgIpc) is 2.80. The number of carbonyl (C=O) groups excluding carboxylic acids is 1. The van der Waals surface area contributed by atoms with Gasteiger partial charge in [0.25, 0.3) is 5.91 Å². The molecule has 0 saturated heterocycles. The summed E-state index contributed by atoms with van der Waals surface area (Å²) in [6, 6.07) is 8.99. The van der Waals surface area contributed by atoms with Gasteiger partial charge in [0, 0.05) is 17.8 Å². The molecule has 5 heteroatoms. The average molecular weight is 292 g/mol. The minimum Gasteiger partial charge on any atom is -0.397 e. The molecule has 0 fully saturated rings. The number of carbonyl (C=O) groups is 1. The maximum atomic E-state index is 12.3. The fourth-order valence-electron chi connectivity index (χ4n) is 2.16. The molecule has 4 nitrogen and oxygen atoms in total. The SMILES string of the molecule is CCn1cc(N)cc1C(=O)NC(C)c1ccccc1Cl. The highest BCUT2D eigenvalue weighted by Gasteiger charge is 2.16. The minimum atomic E-state index is -0.169. The summed E-state index contributed by atoms with van der Waals surface area (Å²) in [4.78, 5) is 12.3. The Kier molecular flexibility index (Phi) is 4.35. The molecule has 1 heterocycles. The number of halogens is 1. The topological polar surface area (TPSA) is 60.0 Å². The molecule has 3 N–H and O–H groups in total. The Hall–Kier alpha value is -1.94. The number of benzene rings is 1. The van der Waals surface area contributed by atoms with E-state index in [4.69, 9.17) is 17.3 Å². The van der Waals surface area contributed by atoms with Gasteiger partial charge < -0.3 is 15.6 Å². The fourth-order valence-corrected chi connectivity index (χ4v) is 2.46. The molecular formula is C15H18ClN3O. The lowest BCUT2D eigenvalue weighted by atomic mass is 10.1. The van der Waals surface area contributed by atoms with Crippen molar-refractivity contribution in [1.29, 1.82) is 0 Å². The molecule has 0 radical (unpaired) electrons. The number of aryl methyl sites for hydroxylation is 1. The molecule has 1 atom stereocenters. The maximum Gasteiger partial charge on any atom is 0.268 e. The third kappa shape index (κ3) is 2.96. The summed E-state index contributed by atoms with van der Waals surface area (Å²) in [5.74, 6) is -0.157. The molecule has 0 spiro atoms. The normalized spacial score (nSPS) is 12.2. The Morgan fingerprint density at radius 2 is 2.15 bits per heavy atom. The van der Waals surface area contributed by atoms with E-state index >= 15 is 0 Å². The Labute approximate surface area is 123 Å². The molecule has 2 aromatic rings. The number of nitrogens with two attached hydrogens (primary N) is 1. The Balaban J connectivity index is 2.17. The summed E-state index contributed by atoms with van der Waals surface area (Å²) in [5.41, 5.74) is 7.78. The maximum absolute atomic E-state index is 12.3. The van der Waals surface area contributed by atoms with Gasteiger partial charge in [-0.15, -0.1) is 0 Å². The minimum absolute atomic E-state index is 0.157. The lowest BCUT2D eigenvalue weighted by Crippen LogP contribution is -2.28. The Morgan fingerprint density at radius 1 is 1.45 bits per heavy atom. The Morgan fingerprint density at radius 3 is 2.80 bits per heavy atom. The highest BCUT2D eigenvalue weighted by molar-refractivity contribution is 6.31. The molecule has 106 valence electrons. The molecular weight excluding hydrogens is 274 g/mol. The highest BCUT2D eigenvalue weighted by atomic mass is 35.5. The van der Waals surface area contributed by atoms with Crippen LogP contribution in [0.4, 0.5) is 5.69 Å². The quantitative estimate of drug-likeness (QED) is 0.908. The van der Waals surface area contributed by atoms with Gasteiger partial charge in [0.2, 0.25) is 0 Å². The third-order valence-corrected chi connectivity index (χ3v) is 3.55. The summed E-state index contributed by atoms with van der Waals surface area (Å²) in [7, 11) is 0. The summed E-state index contributed by atoms with van der Waals surface area (Å²) in [5, 5.41) is 3.59. The number of rotatable bonds is 4. The van der Waals surface area contributed by atoms with Gasteiger partial charge in [-0.25, -0.2) is 0 Å². The van der Waals surface area contributed by atoms with E-state index < -0.39 is 0 Å². The van der Waals surface area contributed by atoms with Crippen LogP contribution in [0.5, 0.6) is 0 Å². The number of nitrogens with zero attached hydrogens (tertiary/aromatic N) is 1. The van der Waals surface area contributed by atoms with E-state index in [1.165, 1.54) is 0 Å². The standard InChI is InChI=1S/C15H18ClN3O/c1-3-19-9-11(17)8-14(19)15(20)18-10(2)12-6-4-5-7-13(12)16/h4-10H,3,17H2,1-2H3,(H,18,20). The van der Waals surface area contributed by atoms with Crippen molar-refractivity contribution in [2.24, 2.45) is 0 Å². The fraction of sp³-hybridized carbons (Fsp3) is 0.267. The number of nitrogens with one attached hydrogen (secondary N) is 1. The van der Waals surface area contributed by atoms with Gasteiger partial charge in [-0.1, -0.05) is 29.8 Å². The first-order valence-electron chi connectivity index (χ1n) is 6.53. The second-order valence-corrected chi connectivity index (χ2v) is 5.07. The van der Waals surface area contributed by atoms with Gasteiger partial charge in [-0.3, -0.25) is 4.79 Å². The van der Waals surface area contributed by atoms with Crippen LogP contribution in [-0.2, 0) is 6.54 Å². The Bertz CT molecular complexity index is 621. The summed E-state index contributed by atoms with van der Waals surface area (Å²) in [6.07, 6.45) is 1.76. The lowest BCUT2D eigenvalue weighted by Gasteiger charge is -2.16. The van der Waals surface area contributed by atoms with Crippen LogP contribution >= 0.6 is 11.6 Å². The van der Waals surface area contributed by atoms with Crippen molar-refractivity contribution in [2.45, 2.75) is 26.4 Å². The third-order valence-electron chi connectivity index (χ3n) is 3.21. The smallest absolute Gasteiger partial charge is 0.268 e. The summed E-state index contributed by atoms with van der Waals surface area (Å²) >= 11 is 6.13. The molecule has 1 aromatic carbocycles. The van der Waals surface area contributed by atoms with Gasteiger partial charge >= 0.3 is 0 Å². The number of hydrogen-bond donors (Lipinski definition) is 2. The summed E-state index contributed by atoms with van der Waals surface area (Å²) < 4.78 is 1.82. The predicted molar refractivity (Wildman–Crippen MR) is 81.9 cm³/mol. The largest absolute Gasteiger partial charge is 0.397 e. The van der Waals surface area contributed by atoms with Crippen molar-refractivity contribution in [3.63, 3.8) is 0 Å². The number of aromatic nitrogens is 1. The van der Waals surface area contributed by atoms with E-state index in [2.05, 4.69) is 5.32 Å². The molecule has 0 saturated carbocycles. The molecule has 0 aliphatic carbocycles. The molecule has 1 aromatic heterocycles. The van der Waals surface area contributed by atoms with Crippen molar-refractivity contribution in [1.82, 2.24) is 9.88 Å². The monoisotopic (exact) mass is 291 g/mol. The number of anilines is 1. The van der Waals surface area contributed by atoms with E-state index in [0.717, 1.165) is 5.56 Å². The molecule has 0 aliphatic rings. The van der Waals surface area contributed by atoms with Crippen LogP contribution < -0.4 is 11.1 Å². The van der Waals surface area contributed by atoms with Crippen molar-refractivity contribution in [3.8, 4) is 0 Å². The first kappa shape index (κ1) is 14.5. The molecule has 1 amide bonds. The van der Waals surface area contributed by atoms with Crippen LogP contribution in [0.1, 0.15) is 35.9 Å². The summed E-state index contributed by atoms with van der Waals surface area (Å²) in [6.45, 7) is 4.57. The van der Waals surface area contributed by atoms with Crippen LogP contribution in [0.15, 0.2) is 36.5 Å². The van der Waals surface area contributed by atoms with E-state index in [-0.39, 0.29) is 11.9 Å². The van der Waals surface area contributed by atoms with Crippen molar-refractivity contribution in [3.05, 3.63) is 52.8 Å². The highest BCUT2D eigenvalue weighted by Crippen LogP contribution is 2.22. The van der Waals surface area contributed by atoms with E-state index in [0.29, 0.717) is 22.9 Å². The van der Waals surface area contributed by atoms with Gasteiger partial charge in [0.15, 0.2) is 0 Å². The molecule has 2 rings (SSSR count). The molecule has 20 heavy (non-hydrogen) atoms. The second-order valence-electron chi connectivity index (χ2n) is 4.66. The number of amides is 1. The van der Waals surface area contributed by atoms with Gasteiger partial charge in [-0.05, 0) is 31.5 Å². The number of nitrogen functional groups attached to an aromatic ring is 1. The first-order chi connectivity index (χ1) is 9.52. The molecule has 1 unspecified atom stereocenters. The van der Waals surface area contributed by atoms with Crippen molar-refractivity contribution in [2.75, 3.05) is 5.73 Å². The van der Waals surface area contributed by atoms with E-state index in [1.54, 1.807) is 12.3 Å². The van der Waals surface area contributed by atoms with Crippen LogP contribution in [-0.4, -0.2) is 10.5 Å². The zero-order chi connectivity index (χ0) is 14.7. The van der Waals surface area contributed by atoms with E-state index in [9.17, 15) is 4.79 Å². The second kappa shape index (κ2) is 6.01. The lowest BCUT2D eigenvalue weighted by molar-refractivity contribution is 0.0930. The van der Waals surface area contributed by atoms with Crippen molar-refractivity contribution < 1.29 is 4.79 Å². The van der Waals surface area contributed by atoms with Gasteiger partial charge in [0.1, 0.15) is 5.69 Å². The van der Waals surface area contributed by atoms with Crippen LogP contribution in [0.2, 0.25) is 5.02 Å². The van der Waals surface area contributed by atoms with Crippen LogP contribution in [0, 0.1) is 0 Å². The van der Waals surface area contributed by atoms with Gasteiger partial charge in [-0.2, -0.15) is 0 Å². The molecule has 0 aliphatic heterocycles. The molecule has 0 bridgehead atoms. The number of hydrogen-bond acceptors (Lipinski definition) is 2. The van der Waals surface area contributed by atoms with Crippen LogP contribution in [0.25, 0.3) is 0 Å². The van der Waals surface area contributed by atoms with E-state index in [1.807, 2.05) is 42.7 Å².